The molecule has 0 aromatic carbocycles. The number of nitrogens with one attached hydrogen (secondary N) is 1. The van der Waals surface area contributed by atoms with Gasteiger partial charge in [0.2, 0.25) is 0 Å². The highest BCUT2D eigenvalue weighted by Gasteiger charge is 2.19. The number of hydrogen-bond acceptors (Lipinski definition) is 5. The van der Waals surface area contributed by atoms with Crippen molar-refractivity contribution in [2.24, 2.45) is 0 Å². The Kier molecular flexibility index (Phi) is 4.61. The zero-order valence-electron chi connectivity index (χ0n) is 16.2. The van der Waals surface area contributed by atoms with Crippen LogP contribution in [-0.4, -0.2) is 29.8 Å². The van der Waals surface area contributed by atoms with E-state index in [1.807, 2.05) is 70.1 Å². The van der Waals surface area contributed by atoms with E-state index in [4.69, 9.17) is 4.98 Å². The first-order valence-corrected chi connectivity index (χ1v) is 10.3. The number of aromatic nitrogens is 5. The summed E-state index contributed by atoms with van der Waals surface area (Å²) in [5.41, 5.74) is 4.09. The fraction of sp³-hybridized carbons (Fsp3) is 0.0909. The van der Waals surface area contributed by atoms with Gasteiger partial charge in [0.15, 0.2) is 5.13 Å². The Bertz CT molecular complexity index is 1320. The Balaban J connectivity index is 1.52. The van der Waals surface area contributed by atoms with E-state index in [-0.39, 0.29) is 5.91 Å². The smallest absolute Gasteiger partial charge is 0.253 e. The van der Waals surface area contributed by atoms with E-state index in [1.165, 1.54) is 0 Å². The molecule has 0 saturated heterocycles. The molecule has 0 aliphatic carbocycles. The summed E-state index contributed by atoms with van der Waals surface area (Å²) in [6.07, 6.45) is 9.11. The molecule has 5 heterocycles. The normalized spacial score (nSPS) is 11.1. The molecule has 0 aliphatic rings. The van der Waals surface area contributed by atoms with E-state index < -0.39 is 0 Å². The zero-order valence-corrected chi connectivity index (χ0v) is 17.0. The second kappa shape index (κ2) is 7.57. The molecule has 0 saturated carbocycles. The molecule has 0 aliphatic heterocycles. The van der Waals surface area contributed by atoms with Crippen LogP contribution in [-0.2, 0) is 6.54 Å². The van der Waals surface area contributed by atoms with Gasteiger partial charge in [-0.3, -0.25) is 14.3 Å². The quantitative estimate of drug-likeness (QED) is 0.473. The standard InChI is InChI=1S/C22H18N6OS/c1-15-26-18(14-28(15)22-24-9-11-30-22)20-12-17(19-4-2-3-10-27(19)20)21(29)25-13-16-5-7-23-8-6-16/h2-12,14H,13H2,1H3,(H,25,29). The third-order valence-electron chi connectivity index (χ3n) is 4.89. The molecule has 0 spiro atoms. The highest BCUT2D eigenvalue weighted by Crippen LogP contribution is 2.27. The van der Waals surface area contributed by atoms with E-state index in [0.717, 1.165) is 33.4 Å². The number of nitrogens with zero attached hydrogens (tertiary/aromatic N) is 5. The van der Waals surface area contributed by atoms with E-state index in [0.29, 0.717) is 12.1 Å². The number of amides is 1. The van der Waals surface area contributed by atoms with Gasteiger partial charge in [-0.1, -0.05) is 6.07 Å². The highest BCUT2D eigenvalue weighted by molar-refractivity contribution is 7.12. The lowest BCUT2D eigenvalue weighted by Gasteiger charge is -2.04. The number of carbonyl (C=O) groups excluding carboxylic acids is 1. The van der Waals surface area contributed by atoms with Gasteiger partial charge in [0.05, 0.1) is 16.8 Å². The molecule has 0 bridgehead atoms. The number of thiazole rings is 1. The van der Waals surface area contributed by atoms with Crippen molar-refractivity contribution in [1.29, 1.82) is 0 Å². The minimum Gasteiger partial charge on any atom is -0.348 e. The maximum Gasteiger partial charge on any atom is 0.253 e. The molecule has 30 heavy (non-hydrogen) atoms. The van der Waals surface area contributed by atoms with Crippen molar-refractivity contribution in [1.82, 2.24) is 29.2 Å². The maximum absolute atomic E-state index is 13.0. The topological polar surface area (TPSA) is 77.1 Å². The molecule has 8 heteroatoms. The third kappa shape index (κ3) is 3.27. The molecule has 5 aromatic rings. The van der Waals surface area contributed by atoms with Crippen LogP contribution in [0.2, 0.25) is 0 Å². The van der Waals surface area contributed by atoms with E-state index >= 15 is 0 Å². The molecule has 0 atom stereocenters. The van der Waals surface area contributed by atoms with E-state index in [9.17, 15) is 4.79 Å². The summed E-state index contributed by atoms with van der Waals surface area (Å²) in [7, 11) is 0. The van der Waals surface area contributed by atoms with Gasteiger partial charge in [0, 0.05) is 42.9 Å². The predicted octanol–water partition coefficient (Wildman–Crippen LogP) is 3.88. The highest BCUT2D eigenvalue weighted by atomic mass is 32.1. The molecule has 1 N–H and O–H groups in total. The lowest BCUT2D eigenvalue weighted by molar-refractivity contribution is 0.0952. The molecule has 7 nitrogen and oxygen atoms in total. The number of fused-ring (bicyclic) bond motifs is 1. The Morgan fingerprint density at radius 3 is 2.83 bits per heavy atom. The van der Waals surface area contributed by atoms with Crippen LogP contribution in [0.25, 0.3) is 22.0 Å². The second-order valence-electron chi connectivity index (χ2n) is 6.80. The van der Waals surface area contributed by atoms with Crippen LogP contribution in [0.1, 0.15) is 21.7 Å². The molecule has 0 unspecified atom stereocenters. The van der Waals surface area contributed by atoms with E-state index in [2.05, 4.69) is 15.3 Å². The average molecular weight is 414 g/mol. The number of pyridine rings is 2. The van der Waals surface area contributed by atoms with Crippen LogP contribution in [0.5, 0.6) is 0 Å². The van der Waals surface area contributed by atoms with Gasteiger partial charge in [-0.05, 0) is 42.8 Å². The van der Waals surface area contributed by atoms with Crippen molar-refractivity contribution in [2.75, 3.05) is 0 Å². The first-order chi connectivity index (χ1) is 14.7. The van der Waals surface area contributed by atoms with Gasteiger partial charge in [-0.2, -0.15) is 0 Å². The molecule has 1 amide bonds. The number of rotatable bonds is 5. The van der Waals surface area contributed by atoms with Gasteiger partial charge >= 0.3 is 0 Å². The minimum atomic E-state index is -0.127. The summed E-state index contributed by atoms with van der Waals surface area (Å²) < 4.78 is 3.96. The minimum absolute atomic E-state index is 0.127. The Labute approximate surface area is 176 Å². The second-order valence-corrected chi connectivity index (χ2v) is 7.67. The molecule has 5 aromatic heterocycles. The number of hydrogen-bond donors (Lipinski definition) is 1. The van der Waals surface area contributed by atoms with Crippen LogP contribution in [0, 0.1) is 6.92 Å². The number of aryl methyl sites for hydroxylation is 1. The molecule has 148 valence electrons. The maximum atomic E-state index is 13.0. The Hall–Kier alpha value is -3.78. The van der Waals surface area contributed by atoms with Crippen LogP contribution in [0.3, 0.4) is 0 Å². The monoisotopic (exact) mass is 414 g/mol. The van der Waals surface area contributed by atoms with Crippen molar-refractivity contribution >= 4 is 22.8 Å². The Morgan fingerprint density at radius 2 is 2.03 bits per heavy atom. The predicted molar refractivity (Wildman–Crippen MR) is 116 cm³/mol. The van der Waals surface area contributed by atoms with Crippen LogP contribution >= 0.6 is 11.3 Å². The summed E-state index contributed by atoms with van der Waals surface area (Å²) in [6.45, 7) is 2.39. The van der Waals surface area contributed by atoms with Crippen molar-refractivity contribution in [3.05, 3.63) is 89.7 Å². The third-order valence-corrected chi connectivity index (χ3v) is 5.66. The van der Waals surface area contributed by atoms with Crippen molar-refractivity contribution in [3.8, 4) is 16.5 Å². The van der Waals surface area contributed by atoms with Gasteiger partial charge < -0.3 is 9.72 Å². The van der Waals surface area contributed by atoms with Crippen LogP contribution < -0.4 is 5.32 Å². The van der Waals surface area contributed by atoms with E-state index in [1.54, 1.807) is 29.9 Å². The molecular weight excluding hydrogens is 396 g/mol. The fourth-order valence-electron chi connectivity index (χ4n) is 3.43. The molecule has 5 rings (SSSR count). The van der Waals surface area contributed by atoms with Gasteiger partial charge in [0.25, 0.3) is 5.91 Å². The zero-order chi connectivity index (χ0) is 20.5. The summed E-state index contributed by atoms with van der Waals surface area (Å²) in [5, 5.41) is 5.80. The van der Waals surface area contributed by atoms with Gasteiger partial charge in [-0.25, -0.2) is 9.97 Å². The van der Waals surface area contributed by atoms with Crippen molar-refractivity contribution in [2.45, 2.75) is 13.5 Å². The summed E-state index contributed by atoms with van der Waals surface area (Å²) >= 11 is 1.55. The molecule has 0 radical (unpaired) electrons. The van der Waals surface area contributed by atoms with Gasteiger partial charge in [0.1, 0.15) is 11.5 Å². The van der Waals surface area contributed by atoms with Crippen molar-refractivity contribution < 1.29 is 4.79 Å². The average Bonchev–Trinajstić information content (AvgIpc) is 3.51. The van der Waals surface area contributed by atoms with Crippen LogP contribution in [0.4, 0.5) is 0 Å². The van der Waals surface area contributed by atoms with Crippen molar-refractivity contribution in [3.63, 3.8) is 0 Å². The summed E-state index contributed by atoms with van der Waals surface area (Å²) in [4.78, 5) is 26.1. The fourth-order valence-corrected chi connectivity index (χ4v) is 4.10. The van der Waals surface area contributed by atoms with Gasteiger partial charge in [-0.15, -0.1) is 11.3 Å². The SMILES string of the molecule is Cc1nc(-c2cc(C(=O)NCc3ccncc3)c3ccccn23)cn1-c1nccs1. The first-order valence-electron chi connectivity index (χ1n) is 9.44. The number of carbonyl (C=O) groups is 1. The van der Waals surface area contributed by atoms with Crippen LogP contribution in [0.15, 0.2) is 72.8 Å². The lowest BCUT2D eigenvalue weighted by Crippen LogP contribution is -2.22. The summed E-state index contributed by atoms with van der Waals surface area (Å²) in [6, 6.07) is 11.5. The molecular formula is C22H18N6OS. The largest absolute Gasteiger partial charge is 0.348 e. The Morgan fingerprint density at radius 1 is 1.17 bits per heavy atom. The molecule has 0 fully saturated rings. The number of imidazole rings is 1. The first kappa shape index (κ1) is 18.3. The summed E-state index contributed by atoms with van der Waals surface area (Å²) in [5.74, 6) is 0.715. The lowest BCUT2D eigenvalue weighted by atomic mass is 10.2.